The van der Waals surface area contributed by atoms with Crippen molar-refractivity contribution in [3.05, 3.63) is 15.6 Å². The summed E-state index contributed by atoms with van der Waals surface area (Å²) < 4.78 is 0. The quantitative estimate of drug-likeness (QED) is 0.521. The molecule has 3 N–H and O–H groups in total. The number of nitrogens with zero attached hydrogens (tertiary/aromatic N) is 2. The number of guanidine groups is 1. The topological polar surface area (TPSA) is 69.5 Å². The molecule has 1 saturated carbocycles. The molecule has 0 aromatic carbocycles. The normalized spacial score (nSPS) is 17.8. The molecule has 1 heterocycles. The molecule has 136 valence electrons. The first-order valence-electron chi connectivity index (χ1n) is 9.14. The van der Waals surface area contributed by atoms with Crippen molar-refractivity contribution < 1.29 is 5.11 Å². The van der Waals surface area contributed by atoms with Crippen molar-refractivity contribution in [3.63, 3.8) is 0 Å². The zero-order chi connectivity index (χ0) is 17.4. The molecule has 0 aliphatic heterocycles. The van der Waals surface area contributed by atoms with Gasteiger partial charge in [0.25, 0.3) is 0 Å². The average Bonchev–Trinajstić information content (AvgIpc) is 2.90. The van der Waals surface area contributed by atoms with Crippen LogP contribution in [-0.4, -0.2) is 35.7 Å². The van der Waals surface area contributed by atoms with Crippen molar-refractivity contribution in [2.45, 2.75) is 65.8 Å². The Bertz CT molecular complexity index is 510. The van der Waals surface area contributed by atoms with Crippen molar-refractivity contribution in [1.29, 1.82) is 0 Å². The molecule has 1 aliphatic rings. The average molecular weight is 353 g/mol. The number of aliphatic hydroxyl groups is 1. The summed E-state index contributed by atoms with van der Waals surface area (Å²) in [4.78, 5) is 10.5. The van der Waals surface area contributed by atoms with E-state index in [0.717, 1.165) is 36.2 Å². The monoisotopic (exact) mass is 352 g/mol. The summed E-state index contributed by atoms with van der Waals surface area (Å²) in [5.41, 5.74) is 1.32. The lowest BCUT2D eigenvalue weighted by Crippen LogP contribution is -2.44. The van der Waals surface area contributed by atoms with Gasteiger partial charge in [-0.3, -0.25) is 0 Å². The molecule has 1 aromatic heterocycles. The van der Waals surface area contributed by atoms with Gasteiger partial charge < -0.3 is 15.7 Å². The van der Waals surface area contributed by atoms with E-state index in [1.54, 1.807) is 11.3 Å². The fraction of sp³-hybridized carbons (Fsp3) is 0.778. The van der Waals surface area contributed by atoms with Crippen LogP contribution in [0.2, 0.25) is 0 Å². The van der Waals surface area contributed by atoms with Crippen LogP contribution >= 0.6 is 11.3 Å². The number of hydrogen-bond acceptors (Lipinski definition) is 4. The summed E-state index contributed by atoms with van der Waals surface area (Å²) in [7, 11) is 0. The zero-order valence-corrected chi connectivity index (χ0v) is 16.1. The molecule has 0 radical (unpaired) electrons. The van der Waals surface area contributed by atoms with Gasteiger partial charge in [0, 0.05) is 24.6 Å². The maximum Gasteiger partial charge on any atom is 0.191 e. The van der Waals surface area contributed by atoms with Gasteiger partial charge in [0.05, 0.1) is 12.2 Å². The van der Waals surface area contributed by atoms with Crippen LogP contribution in [0.5, 0.6) is 0 Å². The molecule has 5 nitrogen and oxygen atoms in total. The Morgan fingerprint density at radius 3 is 2.58 bits per heavy atom. The van der Waals surface area contributed by atoms with E-state index < -0.39 is 0 Å². The molecule has 24 heavy (non-hydrogen) atoms. The number of rotatable bonds is 7. The number of aliphatic imine (C=N–C) groups is 1. The standard InChI is InChI=1S/C18H32N4OS/c1-4-19-17(20-12-16-22-14(2)15(3)24-16)21-13-18(10-11-23)8-6-5-7-9-18/h23H,4-13H2,1-3H3,(H2,19,20,21). The minimum atomic E-state index is 0.220. The van der Waals surface area contributed by atoms with E-state index in [-0.39, 0.29) is 12.0 Å². The minimum Gasteiger partial charge on any atom is -0.396 e. The summed E-state index contributed by atoms with van der Waals surface area (Å²) in [6, 6.07) is 0. The van der Waals surface area contributed by atoms with Crippen LogP contribution in [0.3, 0.4) is 0 Å². The second kappa shape index (κ2) is 9.37. The van der Waals surface area contributed by atoms with Crippen LogP contribution in [-0.2, 0) is 6.54 Å². The Kier molecular flexibility index (Phi) is 7.49. The van der Waals surface area contributed by atoms with Crippen LogP contribution in [0.25, 0.3) is 0 Å². The Hall–Kier alpha value is -1.14. The van der Waals surface area contributed by atoms with Crippen LogP contribution < -0.4 is 10.6 Å². The molecule has 1 aliphatic carbocycles. The lowest BCUT2D eigenvalue weighted by Gasteiger charge is -2.37. The van der Waals surface area contributed by atoms with Gasteiger partial charge in [0.2, 0.25) is 0 Å². The maximum absolute atomic E-state index is 9.45. The highest BCUT2D eigenvalue weighted by molar-refractivity contribution is 7.11. The third-order valence-corrected chi connectivity index (χ3v) is 6.03. The van der Waals surface area contributed by atoms with Gasteiger partial charge in [0.15, 0.2) is 5.96 Å². The van der Waals surface area contributed by atoms with Crippen molar-refractivity contribution in [1.82, 2.24) is 15.6 Å². The highest BCUT2D eigenvalue weighted by Gasteiger charge is 2.31. The molecule has 0 amide bonds. The fourth-order valence-corrected chi connectivity index (χ4v) is 4.28. The Morgan fingerprint density at radius 1 is 1.25 bits per heavy atom. The van der Waals surface area contributed by atoms with Crippen LogP contribution in [0, 0.1) is 19.3 Å². The molecular weight excluding hydrogens is 320 g/mol. The lowest BCUT2D eigenvalue weighted by molar-refractivity contribution is 0.131. The van der Waals surface area contributed by atoms with E-state index in [2.05, 4.69) is 29.5 Å². The van der Waals surface area contributed by atoms with E-state index in [1.165, 1.54) is 37.0 Å². The van der Waals surface area contributed by atoms with E-state index >= 15 is 0 Å². The summed E-state index contributed by atoms with van der Waals surface area (Å²) in [5.74, 6) is 0.853. The number of thiazole rings is 1. The predicted molar refractivity (Wildman–Crippen MR) is 102 cm³/mol. The lowest BCUT2D eigenvalue weighted by atomic mass is 9.72. The maximum atomic E-state index is 9.45. The number of aromatic nitrogens is 1. The molecule has 0 unspecified atom stereocenters. The number of aliphatic hydroxyl groups excluding tert-OH is 1. The molecule has 0 bridgehead atoms. The molecule has 1 fully saturated rings. The van der Waals surface area contributed by atoms with Gasteiger partial charge in [-0.15, -0.1) is 11.3 Å². The van der Waals surface area contributed by atoms with Gasteiger partial charge in [-0.05, 0) is 45.4 Å². The largest absolute Gasteiger partial charge is 0.396 e. The number of nitrogens with one attached hydrogen (secondary N) is 2. The van der Waals surface area contributed by atoms with Crippen LogP contribution in [0.1, 0.15) is 61.0 Å². The molecule has 2 rings (SSSR count). The molecule has 6 heteroatoms. The first kappa shape index (κ1) is 19.2. The summed E-state index contributed by atoms with van der Waals surface area (Å²) in [6.45, 7) is 8.84. The first-order chi connectivity index (χ1) is 11.6. The molecule has 0 saturated heterocycles. The summed E-state index contributed by atoms with van der Waals surface area (Å²) in [5, 5.41) is 17.4. The molecule has 0 spiro atoms. The molecular formula is C18H32N4OS. The fourth-order valence-electron chi connectivity index (χ4n) is 3.42. The van der Waals surface area contributed by atoms with Gasteiger partial charge in [-0.25, -0.2) is 9.98 Å². The summed E-state index contributed by atoms with van der Waals surface area (Å²) >= 11 is 1.72. The Labute approximate surface area is 150 Å². The smallest absolute Gasteiger partial charge is 0.191 e. The van der Waals surface area contributed by atoms with Crippen LogP contribution in [0.4, 0.5) is 0 Å². The Balaban J connectivity index is 1.97. The van der Waals surface area contributed by atoms with Crippen molar-refractivity contribution in [2.24, 2.45) is 10.4 Å². The summed E-state index contributed by atoms with van der Waals surface area (Å²) in [6.07, 6.45) is 7.14. The predicted octanol–water partition coefficient (Wildman–Crippen LogP) is 3.15. The van der Waals surface area contributed by atoms with E-state index in [9.17, 15) is 5.11 Å². The third kappa shape index (κ3) is 5.45. The number of hydrogen-bond donors (Lipinski definition) is 3. The minimum absolute atomic E-state index is 0.220. The van der Waals surface area contributed by atoms with Crippen molar-refractivity contribution in [2.75, 3.05) is 19.7 Å². The van der Waals surface area contributed by atoms with Crippen LogP contribution in [0.15, 0.2) is 4.99 Å². The SMILES string of the molecule is CCNC(=NCc1nc(C)c(C)s1)NCC1(CCO)CCCCC1. The van der Waals surface area contributed by atoms with E-state index in [4.69, 9.17) is 4.99 Å². The van der Waals surface area contributed by atoms with Crippen molar-refractivity contribution >= 4 is 17.3 Å². The Morgan fingerprint density at radius 2 is 2.00 bits per heavy atom. The van der Waals surface area contributed by atoms with Crippen molar-refractivity contribution in [3.8, 4) is 0 Å². The zero-order valence-electron chi connectivity index (χ0n) is 15.3. The number of aryl methyl sites for hydroxylation is 2. The van der Waals surface area contributed by atoms with Gasteiger partial charge >= 0.3 is 0 Å². The van der Waals surface area contributed by atoms with E-state index in [0.29, 0.717) is 6.54 Å². The van der Waals surface area contributed by atoms with Gasteiger partial charge in [-0.2, -0.15) is 0 Å². The second-order valence-corrected chi connectivity index (χ2v) is 8.12. The highest BCUT2D eigenvalue weighted by atomic mass is 32.1. The third-order valence-electron chi connectivity index (χ3n) is 4.98. The second-order valence-electron chi connectivity index (χ2n) is 6.83. The molecule has 1 aromatic rings. The first-order valence-corrected chi connectivity index (χ1v) is 9.96. The van der Waals surface area contributed by atoms with E-state index in [1.807, 2.05) is 6.92 Å². The van der Waals surface area contributed by atoms with Gasteiger partial charge in [-0.1, -0.05) is 19.3 Å². The van der Waals surface area contributed by atoms with Gasteiger partial charge in [0.1, 0.15) is 5.01 Å². The molecule has 0 atom stereocenters. The highest BCUT2D eigenvalue weighted by Crippen LogP contribution is 2.38.